The molecule has 0 spiro atoms. The summed E-state index contributed by atoms with van der Waals surface area (Å²) in [5, 5.41) is 4.47. The molecule has 28 heavy (non-hydrogen) atoms. The molecule has 0 radical (unpaired) electrons. The molecule has 0 aliphatic rings. The van der Waals surface area contributed by atoms with Crippen LogP contribution in [0, 0.1) is 13.8 Å². The van der Waals surface area contributed by atoms with Gasteiger partial charge in [-0.25, -0.2) is 13.1 Å². The van der Waals surface area contributed by atoms with Crippen molar-refractivity contribution in [2.75, 3.05) is 18.9 Å². The molecule has 0 bridgehead atoms. The Hall–Kier alpha value is -2.52. The summed E-state index contributed by atoms with van der Waals surface area (Å²) in [7, 11) is -0.969. The van der Waals surface area contributed by atoms with Crippen LogP contribution in [0.2, 0.25) is 0 Å². The molecule has 0 fully saturated rings. The first-order valence-electron chi connectivity index (χ1n) is 8.34. The first-order valence-corrected chi connectivity index (χ1v) is 10.6. The molecule has 2 aromatic carbocycles. The van der Waals surface area contributed by atoms with Gasteiger partial charge in [-0.3, -0.25) is 4.72 Å². The normalized spacial score (nSPS) is 11.3. The average molecular weight is 466 g/mol. The van der Waals surface area contributed by atoms with Gasteiger partial charge in [-0.1, -0.05) is 0 Å². The van der Waals surface area contributed by atoms with Gasteiger partial charge in [0.25, 0.3) is 10.0 Å². The topological polar surface area (TPSA) is 82.5 Å². The van der Waals surface area contributed by atoms with Gasteiger partial charge in [-0.05, 0) is 66.2 Å². The van der Waals surface area contributed by atoms with E-state index < -0.39 is 10.0 Å². The molecule has 1 N–H and O–H groups in total. The zero-order valence-electron chi connectivity index (χ0n) is 15.9. The second kappa shape index (κ2) is 7.84. The van der Waals surface area contributed by atoms with Crippen LogP contribution < -0.4 is 14.2 Å². The minimum atomic E-state index is -3.86. The molecule has 0 atom stereocenters. The fraction of sp³-hybridized carbons (Fsp3) is 0.211. The maximum absolute atomic E-state index is 12.8. The van der Waals surface area contributed by atoms with Crippen molar-refractivity contribution >= 4 is 31.6 Å². The summed E-state index contributed by atoms with van der Waals surface area (Å²) >= 11 is 3.51. The second-order valence-electron chi connectivity index (χ2n) is 6.07. The molecule has 1 heterocycles. The molecule has 0 saturated heterocycles. The molecule has 0 unspecified atom stereocenters. The molecule has 7 nitrogen and oxygen atoms in total. The molecule has 0 amide bonds. The van der Waals surface area contributed by atoms with Crippen LogP contribution in [0.25, 0.3) is 5.69 Å². The number of hydrogen-bond donors (Lipinski definition) is 1. The van der Waals surface area contributed by atoms with Gasteiger partial charge in [0.15, 0.2) is 0 Å². The average Bonchev–Trinajstić information content (AvgIpc) is 2.95. The van der Waals surface area contributed by atoms with Crippen molar-refractivity contribution in [3.8, 4) is 17.2 Å². The Kier molecular flexibility index (Phi) is 5.66. The van der Waals surface area contributed by atoms with E-state index in [-0.39, 0.29) is 10.6 Å². The van der Waals surface area contributed by atoms with Gasteiger partial charge in [0, 0.05) is 11.8 Å². The third kappa shape index (κ3) is 3.85. The number of anilines is 1. The van der Waals surface area contributed by atoms with E-state index >= 15 is 0 Å². The van der Waals surface area contributed by atoms with Gasteiger partial charge in [-0.2, -0.15) is 5.10 Å². The van der Waals surface area contributed by atoms with Crippen LogP contribution in [0.4, 0.5) is 5.69 Å². The van der Waals surface area contributed by atoms with Crippen LogP contribution in [0.5, 0.6) is 11.5 Å². The Bertz CT molecular complexity index is 1110. The van der Waals surface area contributed by atoms with E-state index in [2.05, 4.69) is 25.8 Å². The van der Waals surface area contributed by atoms with Crippen molar-refractivity contribution in [3.63, 3.8) is 0 Å². The van der Waals surface area contributed by atoms with Gasteiger partial charge < -0.3 is 9.47 Å². The third-order valence-corrected chi connectivity index (χ3v) is 6.78. The number of methoxy groups -OCH3 is 2. The lowest BCUT2D eigenvalue weighted by molar-refractivity contribution is 0.392. The van der Waals surface area contributed by atoms with Crippen LogP contribution in [-0.2, 0) is 10.0 Å². The van der Waals surface area contributed by atoms with Crippen molar-refractivity contribution in [1.29, 1.82) is 0 Å². The summed E-state index contributed by atoms with van der Waals surface area (Å²) in [5.41, 5.74) is 3.10. The molecule has 0 aliphatic carbocycles. The second-order valence-corrected chi connectivity index (χ2v) is 8.51. The maximum atomic E-state index is 12.8. The Morgan fingerprint density at radius 1 is 1.04 bits per heavy atom. The molecule has 9 heteroatoms. The van der Waals surface area contributed by atoms with Gasteiger partial charge in [-0.15, -0.1) is 0 Å². The van der Waals surface area contributed by atoms with Crippen LogP contribution in [0.3, 0.4) is 0 Å². The summed E-state index contributed by atoms with van der Waals surface area (Å²) in [5.74, 6) is 0.657. The highest BCUT2D eigenvalue weighted by Gasteiger charge is 2.21. The van der Waals surface area contributed by atoms with Crippen molar-refractivity contribution in [2.45, 2.75) is 18.7 Å². The van der Waals surface area contributed by atoms with Crippen molar-refractivity contribution < 1.29 is 17.9 Å². The van der Waals surface area contributed by atoms with Crippen LogP contribution >= 0.6 is 15.9 Å². The fourth-order valence-electron chi connectivity index (χ4n) is 2.75. The standard InChI is InChI=1S/C19H20BrN3O4S/c1-12-19(20)13(2)23(21-12)15-7-5-14(6-8-15)22-28(24,25)18-11-16(26-3)9-10-17(18)27-4/h5-11,22H,1-4H3. The maximum Gasteiger partial charge on any atom is 0.265 e. The Morgan fingerprint density at radius 3 is 2.25 bits per heavy atom. The van der Waals surface area contributed by atoms with Gasteiger partial charge in [0.1, 0.15) is 16.4 Å². The lowest BCUT2D eigenvalue weighted by atomic mass is 10.3. The smallest absolute Gasteiger partial charge is 0.265 e. The van der Waals surface area contributed by atoms with Crippen molar-refractivity contribution in [2.24, 2.45) is 0 Å². The lowest BCUT2D eigenvalue weighted by Gasteiger charge is -2.13. The van der Waals surface area contributed by atoms with E-state index in [9.17, 15) is 8.42 Å². The zero-order chi connectivity index (χ0) is 20.5. The number of aryl methyl sites for hydroxylation is 1. The molecular formula is C19H20BrN3O4S. The number of rotatable bonds is 6. The van der Waals surface area contributed by atoms with E-state index in [1.54, 1.807) is 41.1 Å². The molecule has 148 valence electrons. The first-order chi connectivity index (χ1) is 13.3. The summed E-state index contributed by atoms with van der Waals surface area (Å²) in [4.78, 5) is 0.000836. The predicted molar refractivity (Wildman–Crippen MR) is 111 cm³/mol. The quantitative estimate of drug-likeness (QED) is 0.593. The highest BCUT2D eigenvalue weighted by atomic mass is 79.9. The number of ether oxygens (including phenoxy) is 2. The third-order valence-electron chi connectivity index (χ3n) is 4.23. The number of hydrogen-bond acceptors (Lipinski definition) is 5. The Labute approximate surface area is 172 Å². The summed E-state index contributed by atoms with van der Waals surface area (Å²) in [6, 6.07) is 11.6. The van der Waals surface area contributed by atoms with E-state index in [0.29, 0.717) is 11.4 Å². The minimum Gasteiger partial charge on any atom is -0.497 e. The van der Waals surface area contributed by atoms with Gasteiger partial charge >= 0.3 is 0 Å². The van der Waals surface area contributed by atoms with Crippen molar-refractivity contribution in [3.05, 3.63) is 58.3 Å². The Balaban J connectivity index is 1.90. The van der Waals surface area contributed by atoms with E-state index in [1.165, 1.54) is 20.3 Å². The first kappa shape index (κ1) is 20.2. The van der Waals surface area contributed by atoms with Gasteiger partial charge in [0.2, 0.25) is 0 Å². The van der Waals surface area contributed by atoms with Crippen molar-refractivity contribution in [1.82, 2.24) is 9.78 Å². The number of nitrogens with one attached hydrogen (secondary N) is 1. The molecular weight excluding hydrogens is 446 g/mol. The van der Waals surface area contributed by atoms with Crippen LogP contribution in [0.15, 0.2) is 51.8 Å². The summed E-state index contributed by atoms with van der Waals surface area (Å²) in [6.45, 7) is 3.87. The fourth-order valence-corrected chi connectivity index (χ4v) is 4.24. The van der Waals surface area contributed by atoms with E-state index in [4.69, 9.17) is 9.47 Å². The van der Waals surface area contributed by atoms with Crippen LogP contribution in [0.1, 0.15) is 11.4 Å². The summed E-state index contributed by atoms with van der Waals surface area (Å²) in [6.07, 6.45) is 0. The zero-order valence-corrected chi connectivity index (χ0v) is 18.3. The Morgan fingerprint density at radius 2 is 1.71 bits per heavy atom. The molecule has 0 saturated carbocycles. The molecule has 1 aromatic heterocycles. The highest BCUT2D eigenvalue weighted by Crippen LogP contribution is 2.30. The number of sulfonamides is 1. The SMILES string of the molecule is COc1ccc(OC)c(S(=O)(=O)Nc2ccc(-n3nc(C)c(Br)c3C)cc2)c1. The summed E-state index contributed by atoms with van der Waals surface area (Å²) < 4.78 is 41.3. The highest BCUT2D eigenvalue weighted by molar-refractivity contribution is 9.10. The number of aromatic nitrogens is 2. The molecule has 3 aromatic rings. The predicted octanol–water partition coefficient (Wildman–Crippen LogP) is 4.07. The number of nitrogens with zero attached hydrogens (tertiary/aromatic N) is 2. The van der Waals surface area contributed by atoms with E-state index in [1.807, 2.05) is 13.8 Å². The number of halogens is 1. The molecule has 0 aliphatic heterocycles. The van der Waals surface area contributed by atoms with Gasteiger partial charge in [0.05, 0.1) is 35.8 Å². The number of benzene rings is 2. The largest absolute Gasteiger partial charge is 0.497 e. The lowest BCUT2D eigenvalue weighted by Crippen LogP contribution is -2.14. The van der Waals surface area contributed by atoms with Crippen LogP contribution in [-0.4, -0.2) is 32.4 Å². The monoisotopic (exact) mass is 465 g/mol. The minimum absolute atomic E-state index is 0.000836. The van der Waals surface area contributed by atoms with E-state index in [0.717, 1.165) is 21.5 Å². The molecule has 3 rings (SSSR count).